The number of aliphatic hydroxyl groups excluding tert-OH is 2. The molecular weight excluding hydrogens is 292 g/mol. The Morgan fingerprint density at radius 2 is 1.57 bits per heavy atom. The Hall–Kier alpha value is -1.39. The van der Waals surface area contributed by atoms with Gasteiger partial charge in [0.05, 0.1) is 12.2 Å². The second-order valence-corrected chi connectivity index (χ2v) is 6.32. The summed E-state index contributed by atoms with van der Waals surface area (Å²) in [6.45, 7) is 0. The minimum atomic E-state index is -0.835. The van der Waals surface area contributed by atoms with Crippen molar-refractivity contribution in [1.29, 1.82) is 0 Å². The maximum atomic E-state index is 10.4. The first-order valence-electron chi connectivity index (χ1n) is 8.67. The van der Waals surface area contributed by atoms with Crippen LogP contribution in [0.5, 0.6) is 0 Å². The molecule has 1 rings (SSSR count). The molecule has 0 aromatic carbocycles. The lowest BCUT2D eigenvalue weighted by molar-refractivity contribution is -0.137. The maximum Gasteiger partial charge on any atom is 0.303 e. The topological polar surface area (TPSA) is 77.8 Å². The molecule has 2 unspecified atom stereocenters. The van der Waals surface area contributed by atoms with Gasteiger partial charge in [-0.3, -0.25) is 4.79 Å². The zero-order chi connectivity index (χ0) is 16.9. The van der Waals surface area contributed by atoms with E-state index in [4.69, 9.17) is 5.11 Å². The lowest BCUT2D eigenvalue weighted by Gasteiger charge is -2.22. The van der Waals surface area contributed by atoms with E-state index in [1.54, 1.807) is 18.2 Å². The van der Waals surface area contributed by atoms with Crippen LogP contribution >= 0.6 is 0 Å². The van der Waals surface area contributed by atoms with Gasteiger partial charge in [-0.05, 0) is 25.2 Å². The Balaban J connectivity index is 2.15. The van der Waals surface area contributed by atoms with Crippen molar-refractivity contribution >= 4 is 5.97 Å². The second kappa shape index (κ2) is 12.1. The van der Waals surface area contributed by atoms with Crippen molar-refractivity contribution < 1.29 is 20.1 Å². The molecule has 0 bridgehead atoms. The van der Waals surface area contributed by atoms with Crippen LogP contribution in [-0.4, -0.2) is 33.5 Å². The smallest absolute Gasteiger partial charge is 0.303 e. The highest BCUT2D eigenvalue weighted by Gasteiger charge is 2.15. The highest BCUT2D eigenvalue weighted by atomic mass is 16.4. The van der Waals surface area contributed by atoms with Crippen LogP contribution in [0.2, 0.25) is 0 Å². The van der Waals surface area contributed by atoms with E-state index in [-0.39, 0.29) is 12.5 Å². The van der Waals surface area contributed by atoms with E-state index >= 15 is 0 Å². The molecule has 0 saturated heterocycles. The summed E-state index contributed by atoms with van der Waals surface area (Å²) in [4.78, 5) is 10.4. The minimum Gasteiger partial charge on any atom is -0.481 e. The minimum absolute atomic E-state index is 0.0857. The van der Waals surface area contributed by atoms with Crippen LogP contribution in [0.25, 0.3) is 0 Å². The SMILES string of the molecule is O=C(O)CCCC(O)C=CC=CC=CC(O)CC1CCCCC1. The highest BCUT2D eigenvalue weighted by molar-refractivity contribution is 5.66. The van der Waals surface area contributed by atoms with Gasteiger partial charge in [0.2, 0.25) is 0 Å². The van der Waals surface area contributed by atoms with Gasteiger partial charge >= 0.3 is 5.97 Å². The van der Waals surface area contributed by atoms with E-state index in [0.717, 1.165) is 6.42 Å². The van der Waals surface area contributed by atoms with Gasteiger partial charge < -0.3 is 15.3 Å². The molecule has 1 saturated carbocycles. The summed E-state index contributed by atoms with van der Waals surface area (Å²) in [5.74, 6) is -0.175. The molecule has 23 heavy (non-hydrogen) atoms. The standard InChI is InChI=1S/C19H30O4/c20-17(13-8-14-19(22)23)11-6-1-2-7-12-18(21)15-16-9-4-3-5-10-16/h1-2,6-7,11-12,16-18,20-21H,3-5,8-10,13-15H2,(H,22,23). The number of carboxylic acids is 1. The molecule has 1 fully saturated rings. The summed E-state index contributed by atoms with van der Waals surface area (Å²) < 4.78 is 0. The zero-order valence-electron chi connectivity index (χ0n) is 13.8. The van der Waals surface area contributed by atoms with Gasteiger partial charge in [-0.15, -0.1) is 0 Å². The molecule has 4 nitrogen and oxygen atoms in total. The number of aliphatic carboxylic acids is 1. The summed E-state index contributed by atoms with van der Waals surface area (Å²) in [7, 11) is 0. The van der Waals surface area contributed by atoms with Crippen LogP contribution in [-0.2, 0) is 4.79 Å². The van der Waals surface area contributed by atoms with E-state index in [9.17, 15) is 15.0 Å². The third-order valence-electron chi connectivity index (χ3n) is 4.19. The van der Waals surface area contributed by atoms with Crippen molar-refractivity contribution in [2.45, 2.75) is 70.0 Å². The van der Waals surface area contributed by atoms with Crippen molar-refractivity contribution in [2.24, 2.45) is 5.92 Å². The molecule has 3 N–H and O–H groups in total. The third-order valence-corrected chi connectivity index (χ3v) is 4.19. The summed E-state index contributed by atoms with van der Waals surface area (Å²) in [5, 5.41) is 28.1. The van der Waals surface area contributed by atoms with E-state index in [0.29, 0.717) is 18.8 Å². The van der Waals surface area contributed by atoms with Gasteiger partial charge in [0.1, 0.15) is 0 Å². The zero-order valence-corrected chi connectivity index (χ0v) is 13.8. The second-order valence-electron chi connectivity index (χ2n) is 6.32. The Morgan fingerprint density at radius 3 is 2.17 bits per heavy atom. The Morgan fingerprint density at radius 1 is 0.957 bits per heavy atom. The molecule has 0 aromatic heterocycles. The molecule has 130 valence electrons. The lowest BCUT2D eigenvalue weighted by Crippen LogP contribution is -2.14. The summed E-state index contributed by atoms with van der Waals surface area (Å²) in [5.41, 5.74) is 0. The number of carboxylic acid groups (broad SMARTS) is 1. The first-order chi connectivity index (χ1) is 11.1. The van der Waals surface area contributed by atoms with E-state index in [1.807, 2.05) is 18.2 Å². The quantitative estimate of drug-likeness (QED) is 0.537. The third kappa shape index (κ3) is 10.9. The van der Waals surface area contributed by atoms with Crippen molar-refractivity contribution in [2.75, 3.05) is 0 Å². The average Bonchev–Trinajstić information content (AvgIpc) is 2.51. The van der Waals surface area contributed by atoms with Crippen LogP contribution < -0.4 is 0 Å². The van der Waals surface area contributed by atoms with Crippen LogP contribution in [0, 0.1) is 5.92 Å². The summed E-state index contributed by atoms with van der Waals surface area (Å²) >= 11 is 0. The summed E-state index contributed by atoms with van der Waals surface area (Å²) in [6, 6.07) is 0. The maximum absolute atomic E-state index is 10.4. The fourth-order valence-corrected chi connectivity index (χ4v) is 2.91. The van der Waals surface area contributed by atoms with Gasteiger partial charge in [-0.1, -0.05) is 68.6 Å². The molecule has 1 aliphatic rings. The van der Waals surface area contributed by atoms with Crippen molar-refractivity contribution in [3.05, 3.63) is 36.5 Å². The van der Waals surface area contributed by atoms with E-state index < -0.39 is 12.1 Å². The molecule has 0 aromatic rings. The number of allylic oxidation sites excluding steroid dienone is 4. The van der Waals surface area contributed by atoms with Crippen LogP contribution in [0.1, 0.15) is 57.8 Å². The van der Waals surface area contributed by atoms with Crippen molar-refractivity contribution in [3.8, 4) is 0 Å². The molecule has 4 heteroatoms. The fourth-order valence-electron chi connectivity index (χ4n) is 2.91. The number of hydrogen-bond donors (Lipinski definition) is 3. The number of carbonyl (C=O) groups is 1. The number of rotatable bonds is 10. The molecule has 0 spiro atoms. The highest BCUT2D eigenvalue weighted by Crippen LogP contribution is 2.27. The fraction of sp³-hybridized carbons (Fsp3) is 0.632. The van der Waals surface area contributed by atoms with Crippen LogP contribution in [0.15, 0.2) is 36.5 Å². The van der Waals surface area contributed by atoms with E-state index in [1.165, 1.54) is 32.1 Å². The van der Waals surface area contributed by atoms with Gasteiger partial charge in [-0.25, -0.2) is 0 Å². The molecule has 0 amide bonds. The first-order valence-corrected chi connectivity index (χ1v) is 8.67. The van der Waals surface area contributed by atoms with Crippen LogP contribution in [0.3, 0.4) is 0 Å². The number of aliphatic hydroxyl groups is 2. The van der Waals surface area contributed by atoms with Crippen molar-refractivity contribution in [1.82, 2.24) is 0 Å². The largest absolute Gasteiger partial charge is 0.481 e. The van der Waals surface area contributed by atoms with Crippen LogP contribution in [0.4, 0.5) is 0 Å². The Kier molecular flexibility index (Phi) is 10.3. The summed E-state index contributed by atoms with van der Waals surface area (Å²) in [6.07, 6.45) is 17.9. The molecule has 2 atom stereocenters. The molecule has 1 aliphatic carbocycles. The van der Waals surface area contributed by atoms with E-state index in [2.05, 4.69) is 0 Å². The van der Waals surface area contributed by atoms with Gasteiger partial charge in [-0.2, -0.15) is 0 Å². The molecule has 0 heterocycles. The predicted octanol–water partition coefficient (Wildman–Crippen LogP) is 3.60. The van der Waals surface area contributed by atoms with Gasteiger partial charge in [0, 0.05) is 6.42 Å². The Labute approximate surface area is 139 Å². The molecular formula is C19H30O4. The average molecular weight is 322 g/mol. The Bertz CT molecular complexity index is 406. The monoisotopic (exact) mass is 322 g/mol. The van der Waals surface area contributed by atoms with Gasteiger partial charge in [0.25, 0.3) is 0 Å². The molecule has 0 radical (unpaired) electrons. The predicted molar refractivity (Wildman–Crippen MR) is 92.1 cm³/mol. The normalized spacial score (nSPS) is 19.7. The number of hydrogen-bond acceptors (Lipinski definition) is 3. The van der Waals surface area contributed by atoms with Crippen molar-refractivity contribution in [3.63, 3.8) is 0 Å². The lowest BCUT2D eigenvalue weighted by atomic mass is 9.85. The first kappa shape index (κ1) is 19.7. The van der Waals surface area contributed by atoms with Gasteiger partial charge in [0.15, 0.2) is 0 Å². The molecule has 0 aliphatic heterocycles.